The van der Waals surface area contributed by atoms with Gasteiger partial charge in [0.2, 0.25) is 0 Å². The summed E-state index contributed by atoms with van der Waals surface area (Å²) in [6, 6.07) is 7.59. The second-order valence-corrected chi connectivity index (χ2v) is 3.20. The number of hydrogen-bond acceptors (Lipinski definition) is 2. The molecule has 1 unspecified atom stereocenters. The maximum Gasteiger partial charge on any atom is 0.0762 e. The van der Waals surface area contributed by atoms with Gasteiger partial charge >= 0.3 is 0 Å². The van der Waals surface area contributed by atoms with Crippen LogP contribution in [0.5, 0.6) is 0 Å². The molecule has 1 aromatic rings. The van der Waals surface area contributed by atoms with Crippen LogP contribution in [0.3, 0.4) is 0 Å². The van der Waals surface area contributed by atoms with Gasteiger partial charge in [-0.25, -0.2) is 0 Å². The molecule has 78 valence electrons. The van der Waals surface area contributed by atoms with Gasteiger partial charge in [-0.05, 0) is 24.6 Å². The number of benzene rings is 1. The lowest BCUT2D eigenvalue weighted by Crippen LogP contribution is -1.98. The monoisotopic (exact) mass is 201 g/mol. The third-order valence-corrected chi connectivity index (χ3v) is 2.09. The molecule has 0 aromatic heterocycles. The maximum atomic E-state index is 9.45. The first-order chi connectivity index (χ1) is 7.19. The van der Waals surface area contributed by atoms with Gasteiger partial charge in [0.05, 0.1) is 11.8 Å². The van der Waals surface area contributed by atoms with Crippen LogP contribution in [-0.4, -0.2) is 10.8 Å². The number of aliphatic hydroxyl groups is 1. The number of aliphatic hydroxyl groups excluding tert-OH is 1. The Hall–Kier alpha value is -1.67. The van der Waals surface area contributed by atoms with Crippen LogP contribution in [-0.2, 0) is 0 Å². The van der Waals surface area contributed by atoms with Gasteiger partial charge in [-0.3, -0.25) is 4.99 Å². The number of hydrogen-bond donors (Lipinski definition) is 1. The van der Waals surface area contributed by atoms with Crippen LogP contribution < -0.4 is 0 Å². The summed E-state index contributed by atoms with van der Waals surface area (Å²) in [5, 5.41) is 9.45. The number of nitrogens with zero attached hydrogens (tertiary/aromatic N) is 1. The first kappa shape index (κ1) is 11.4. The molecule has 0 bridgehead atoms. The Morgan fingerprint density at radius 2 is 2.20 bits per heavy atom. The second-order valence-electron chi connectivity index (χ2n) is 3.20. The van der Waals surface area contributed by atoms with Crippen molar-refractivity contribution in [3.8, 4) is 0 Å². The highest BCUT2D eigenvalue weighted by atomic mass is 16.3. The second kappa shape index (κ2) is 5.27. The minimum Gasteiger partial charge on any atom is -0.389 e. The minimum absolute atomic E-state index is 0.472. The largest absolute Gasteiger partial charge is 0.389 e. The Morgan fingerprint density at radius 3 is 2.73 bits per heavy atom. The van der Waals surface area contributed by atoms with Crippen LogP contribution in [0.25, 0.3) is 0 Å². The molecule has 0 saturated heterocycles. The predicted molar refractivity (Wildman–Crippen MR) is 64.0 cm³/mol. The average molecular weight is 201 g/mol. The summed E-state index contributed by atoms with van der Waals surface area (Å²) in [4.78, 5) is 4.09. The van der Waals surface area contributed by atoms with Gasteiger partial charge in [-0.15, -0.1) is 0 Å². The highest BCUT2D eigenvalue weighted by Crippen LogP contribution is 2.14. The molecule has 0 aliphatic heterocycles. The van der Waals surface area contributed by atoms with Crippen molar-refractivity contribution in [1.29, 1.82) is 0 Å². The SMILES string of the molecule is C=CN=C(C=C)c1cccc(C(C)O)c1. The lowest BCUT2D eigenvalue weighted by molar-refractivity contribution is 0.199. The zero-order chi connectivity index (χ0) is 11.3. The number of rotatable bonds is 4. The van der Waals surface area contributed by atoms with E-state index in [9.17, 15) is 5.11 Å². The van der Waals surface area contributed by atoms with Crippen molar-refractivity contribution in [2.24, 2.45) is 4.99 Å². The molecule has 0 saturated carbocycles. The van der Waals surface area contributed by atoms with Gasteiger partial charge in [0.1, 0.15) is 0 Å². The molecule has 2 heteroatoms. The summed E-state index contributed by atoms with van der Waals surface area (Å²) in [5.41, 5.74) is 2.56. The molecule has 0 spiro atoms. The van der Waals surface area contributed by atoms with Gasteiger partial charge in [-0.1, -0.05) is 31.4 Å². The van der Waals surface area contributed by atoms with E-state index in [4.69, 9.17) is 0 Å². The summed E-state index contributed by atoms with van der Waals surface area (Å²) in [6.07, 6.45) is 2.68. The molecule has 0 radical (unpaired) electrons. The highest BCUT2D eigenvalue weighted by Gasteiger charge is 2.03. The fourth-order valence-electron chi connectivity index (χ4n) is 1.30. The van der Waals surface area contributed by atoms with E-state index in [2.05, 4.69) is 18.2 Å². The first-order valence-electron chi connectivity index (χ1n) is 4.78. The molecule has 15 heavy (non-hydrogen) atoms. The first-order valence-corrected chi connectivity index (χ1v) is 4.78. The van der Waals surface area contributed by atoms with Crippen molar-refractivity contribution in [1.82, 2.24) is 0 Å². The van der Waals surface area contributed by atoms with Crippen molar-refractivity contribution < 1.29 is 5.11 Å². The fourth-order valence-corrected chi connectivity index (χ4v) is 1.30. The quantitative estimate of drug-likeness (QED) is 0.746. The van der Waals surface area contributed by atoms with Crippen LogP contribution in [0.1, 0.15) is 24.2 Å². The topological polar surface area (TPSA) is 32.6 Å². The average Bonchev–Trinajstić information content (AvgIpc) is 2.26. The Balaban J connectivity index is 3.14. The molecule has 0 fully saturated rings. The van der Waals surface area contributed by atoms with Crippen molar-refractivity contribution in [3.63, 3.8) is 0 Å². The molecule has 1 aromatic carbocycles. The van der Waals surface area contributed by atoms with Crippen molar-refractivity contribution >= 4 is 5.71 Å². The zero-order valence-electron chi connectivity index (χ0n) is 8.85. The standard InChI is InChI=1S/C13H15NO/c1-4-13(14-5-2)12-8-6-7-11(9-12)10(3)15/h4-10,15H,1-2H2,3H3. The van der Waals surface area contributed by atoms with Gasteiger partial charge in [0, 0.05) is 11.8 Å². The summed E-state index contributed by atoms with van der Waals surface area (Å²) >= 11 is 0. The lowest BCUT2D eigenvalue weighted by atomic mass is 10.0. The van der Waals surface area contributed by atoms with Crippen LogP contribution in [0, 0.1) is 0 Å². The van der Waals surface area contributed by atoms with Crippen LogP contribution >= 0.6 is 0 Å². The van der Waals surface area contributed by atoms with Crippen molar-refractivity contribution in [2.75, 3.05) is 0 Å². The van der Waals surface area contributed by atoms with E-state index < -0.39 is 6.10 Å². The van der Waals surface area contributed by atoms with Gasteiger partial charge in [-0.2, -0.15) is 0 Å². The molecular formula is C13H15NO. The van der Waals surface area contributed by atoms with E-state index in [1.165, 1.54) is 6.20 Å². The Morgan fingerprint density at radius 1 is 1.47 bits per heavy atom. The van der Waals surface area contributed by atoms with Crippen LogP contribution in [0.4, 0.5) is 0 Å². The third-order valence-electron chi connectivity index (χ3n) is 2.09. The molecule has 0 amide bonds. The van der Waals surface area contributed by atoms with E-state index in [0.717, 1.165) is 16.8 Å². The van der Waals surface area contributed by atoms with E-state index in [0.29, 0.717) is 0 Å². The van der Waals surface area contributed by atoms with E-state index >= 15 is 0 Å². The molecule has 1 N–H and O–H groups in total. The molecule has 1 rings (SSSR count). The Labute approximate surface area is 90.3 Å². The van der Waals surface area contributed by atoms with E-state index in [1.54, 1.807) is 13.0 Å². The minimum atomic E-state index is -0.472. The fraction of sp³-hybridized carbons (Fsp3) is 0.154. The van der Waals surface area contributed by atoms with Crippen LogP contribution in [0.2, 0.25) is 0 Å². The highest BCUT2D eigenvalue weighted by molar-refractivity contribution is 6.08. The normalized spacial score (nSPS) is 13.3. The van der Waals surface area contributed by atoms with Crippen LogP contribution in [0.15, 0.2) is 54.7 Å². The van der Waals surface area contributed by atoms with Crippen molar-refractivity contribution in [3.05, 3.63) is 60.8 Å². The van der Waals surface area contributed by atoms with Gasteiger partial charge in [0.25, 0.3) is 0 Å². The summed E-state index contributed by atoms with van der Waals surface area (Å²) in [6.45, 7) is 8.97. The van der Waals surface area contributed by atoms with Crippen molar-refractivity contribution in [2.45, 2.75) is 13.0 Å². The molecule has 0 aliphatic rings. The van der Waals surface area contributed by atoms with E-state index in [-0.39, 0.29) is 0 Å². The molecule has 1 atom stereocenters. The smallest absolute Gasteiger partial charge is 0.0762 e. The summed E-state index contributed by atoms with van der Waals surface area (Å²) in [7, 11) is 0. The third kappa shape index (κ3) is 2.89. The van der Waals surface area contributed by atoms with Gasteiger partial charge in [0.15, 0.2) is 0 Å². The lowest BCUT2D eigenvalue weighted by Gasteiger charge is -2.07. The Bertz CT molecular complexity index is 391. The Kier molecular flexibility index (Phi) is 4.01. The maximum absolute atomic E-state index is 9.45. The number of allylic oxidation sites excluding steroid dienone is 1. The molecule has 0 aliphatic carbocycles. The molecule has 2 nitrogen and oxygen atoms in total. The predicted octanol–water partition coefficient (Wildman–Crippen LogP) is 2.86. The molecule has 0 heterocycles. The zero-order valence-corrected chi connectivity index (χ0v) is 8.85. The summed E-state index contributed by atoms with van der Waals surface area (Å²) in [5.74, 6) is 0. The van der Waals surface area contributed by atoms with Gasteiger partial charge < -0.3 is 5.11 Å². The number of aliphatic imine (C=N–C) groups is 1. The molecular weight excluding hydrogens is 186 g/mol. The van der Waals surface area contributed by atoms with E-state index in [1.807, 2.05) is 24.3 Å². The summed E-state index contributed by atoms with van der Waals surface area (Å²) < 4.78 is 0.